The number of hydrogen-bond acceptors (Lipinski definition) is 2. The normalized spacial score (nSPS) is 14.5. The summed E-state index contributed by atoms with van der Waals surface area (Å²) in [5.74, 6) is -1.89. The number of hydrogen-bond donors (Lipinski definition) is 1. The molecular formula is C7H7BrF3NO. The summed E-state index contributed by atoms with van der Waals surface area (Å²) in [6.07, 6.45) is -3.16. The summed E-state index contributed by atoms with van der Waals surface area (Å²) >= 11 is 2.99. The maximum atomic E-state index is 12.3. The van der Waals surface area contributed by atoms with Crippen molar-refractivity contribution in [1.29, 1.82) is 0 Å². The van der Waals surface area contributed by atoms with E-state index in [0.29, 0.717) is 4.47 Å². The van der Waals surface area contributed by atoms with Gasteiger partial charge in [-0.2, -0.15) is 13.2 Å². The first-order valence-electron chi connectivity index (χ1n) is 3.46. The lowest BCUT2D eigenvalue weighted by Gasteiger charge is -2.15. The molecule has 0 aromatic carbocycles. The van der Waals surface area contributed by atoms with Crippen LogP contribution in [-0.2, 0) is 0 Å². The largest absolute Gasteiger partial charge is 0.467 e. The summed E-state index contributed by atoms with van der Waals surface area (Å²) in [5, 5.41) is 0. The Morgan fingerprint density at radius 2 is 2.15 bits per heavy atom. The molecular weight excluding hydrogens is 251 g/mol. The molecule has 6 heteroatoms. The van der Waals surface area contributed by atoms with Gasteiger partial charge < -0.3 is 10.2 Å². The van der Waals surface area contributed by atoms with Gasteiger partial charge in [0.2, 0.25) is 0 Å². The smallest absolute Gasteiger partial charge is 0.399 e. The van der Waals surface area contributed by atoms with Crippen LogP contribution in [0.15, 0.2) is 21.2 Å². The third kappa shape index (κ3) is 2.47. The Labute approximate surface area is 81.0 Å². The second-order valence-electron chi connectivity index (χ2n) is 2.50. The Hall–Kier alpha value is -0.490. The maximum absolute atomic E-state index is 12.3. The molecule has 0 spiro atoms. The van der Waals surface area contributed by atoms with Gasteiger partial charge in [0.1, 0.15) is 17.9 Å². The van der Waals surface area contributed by atoms with Crippen LogP contribution in [0, 0.1) is 0 Å². The molecule has 0 aliphatic rings. The van der Waals surface area contributed by atoms with E-state index in [-0.39, 0.29) is 5.76 Å². The second kappa shape index (κ2) is 3.71. The molecule has 0 amide bonds. The topological polar surface area (TPSA) is 39.2 Å². The summed E-state index contributed by atoms with van der Waals surface area (Å²) in [6, 6.07) is 1.27. The van der Waals surface area contributed by atoms with Gasteiger partial charge in [-0.1, -0.05) is 0 Å². The van der Waals surface area contributed by atoms with Gasteiger partial charge in [-0.25, -0.2) is 0 Å². The van der Waals surface area contributed by atoms with Crippen molar-refractivity contribution < 1.29 is 17.6 Å². The van der Waals surface area contributed by atoms with E-state index in [2.05, 4.69) is 15.9 Å². The molecule has 1 rings (SSSR count). The average molecular weight is 258 g/mol. The number of halogens is 4. The zero-order valence-corrected chi connectivity index (χ0v) is 8.02. The molecule has 2 N–H and O–H groups in total. The maximum Gasteiger partial charge on any atom is 0.399 e. The Balaban J connectivity index is 2.91. The third-order valence-corrected chi connectivity index (χ3v) is 1.98. The fourth-order valence-corrected chi connectivity index (χ4v) is 1.24. The highest BCUT2D eigenvalue weighted by Gasteiger charge is 2.41. The first-order valence-corrected chi connectivity index (χ1v) is 4.25. The van der Waals surface area contributed by atoms with Crippen molar-refractivity contribution in [3.63, 3.8) is 0 Å². The molecule has 74 valence electrons. The Morgan fingerprint density at radius 1 is 1.54 bits per heavy atom. The molecule has 0 aliphatic heterocycles. The zero-order chi connectivity index (χ0) is 10.1. The number of nitrogens with two attached hydrogens (primary N) is 1. The molecule has 1 heterocycles. The predicted molar refractivity (Wildman–Crippen MR) is 44.3 cm³/mol. The van der Waals surface area contributed by atoms with E-state index in [9.17, 15) is 13.2 Å². The van der Waals surface area contributed by atoms with Crippen molar-refractivity contribution in [3.05, 3.63) is 22.6 Å². The van der Waals surface area contributed by atoms with Gasteiger partial charge >= 0.3 is 6.18 Å². The first kappa shape index (κ1) is 10.6. The number of alkyl halides is 3. The van der Waals surface area contributed by atoms with Crippen molar-refractivity contribution in [2.24, 2.45) is 5.73 Å². The van der Waals surface area contributed by atoms with Crippen molar-refractivity contribution >= 4 is 15.9 Å². The fraction of sp³-hybridized carbons (Fsp3) is 0.429. The van der Waals surface area contributed by atoms with Gasteiger partial charge in [0.15, 0.2) is 0 Å². The molecule has 0 bridgehead atoms. The molecule has 13 heavy (non-hydrogen) atoms. The summed E-state index contributed by atoms with van der Waals surface area (Å²) in [5.41, 5.74) is 5.00. The van der Waals surface area contributed by atoms with Gasteiger partial charge in [-0.3, -0.25) is 0 Å². The average Bonchev–Trinajstić information content (AvgIpc) is 2.34. The Kier molecular flexibility index (Phi) is 3.02. The predicted octanol–water partition coefficient (Wildman–Crippen LogP) is 2.65. The molecule has 1 aromatic rings. The van der Waals surface area contributed by atoms with Gasteiger partial charge in [0.05, 0.1) is 4.47 Å². The van der Waals surface area contributed by atoms with Crippen LogP contribution in [0.3, 0.4) is 0 Å². The second-order valence-corrected chi connectivity index (χ2v) is 3.41. The van der Waals surface area contributed by atoms with E-state index in [1.165, 1.54) is 12.3 Å². The van der Waals surface area contributed by atoms with Crippen LogP contribution in [0.4, 0.5) is 13.2 Å². The monoisotopic (exact) mass is 257 g/mol. The van der Waals surface area contributed by atoms with E-state index in [1.807, 2.05) is 0 Å². The van der Waals surface area contributed by atoms with Crippen LogP contribution in [0.5, 0.6) is 0 Å². The highest BCUT2D eigenvalue weighted by molar-refractivity contribution is 9.10. The highest BCUT2D eigenvalue weighted by atomic mass is 79.9. The van der Waals surface area contributed by atoms with Crippen molar-refractivity contribution in [3.8, 4) is 0 Å². The van der Waals surface area contributed by atoms with Crippen molar-refractivity contribution in [2.45, 2.75) is 12.1 Å². The van der Waals surface area contributed by atoms with Crippen LogP contribution in [0.1, 0.15) is 11.7 Å². The van der Waals surface area contributed by atoms with E-state index in [1.54, 1.807) is 0 Å². The third-order valence-electron chi connectivity index (χ3n) is 1.56. The molecule has 0 saturated carbocycles. The molecule has 0 aliphatic carbocycles. The van der Waals surface area contributed by atoms with Crippen LogP contribution >= 0.6 is 15.9 Å². The molecule has 0 radical (unpaired) electrons. The summed E-state index contributed by atoms with van der Waals surface area (Å²) in [7, 11) is 0. The van der Waals surface area contributed by atoms with E-state index < -0.39 is 18.6 Å². The fourth-order valence-electron chi connectivity index (χ4n) is 0.922. The van der Waals surface area contributed by atoms with E-state index >= 15 is 0 Å². The first-order chi connectivity index (χ1) is 5.95. The van der Waals surface area contributed by atoms with E-state index in [4.69, 9.17) is 10.2 Å². The Bertz CT molecular complexity index is 284. The molecule has 2 nitrogen and oxygen atoms in total. The molecule has 0 saturated heterocycles. The summed E-state index contributed by atoms with van der Waals surface area (Å²) in [4.78, 5) is 0. The molecule has 1 atom stereocenters. The van der Waals surface area contributed by atoms with Crippen LogP contribution in [-0.4, -0.2) is 12.7 Å². The van der Waals surface area contributed by atoms with Crippen LogP contribution < -0.4 is 5.73 Å². The number of rotatable bonds is 2. The Morgan fingerprint density at radius 3 is 2.46 bits per heavy atom. The lowest BCUT2D eigenvalue weighted by atomic mass is 10.1. The zero-order valence-electron chi connectivity index (χ0n) is 6.44. The van der Waals surface area contributed by atoms with Crippen LogP contribution in [0.2, 0.25) is 0 Å². The van der Waals surface area contributed by atoms with Gasteiger partial charge in [0, 0.05) is 6.54 Å². The lowest BCUT2D eigenvalue weighted by molar-refractivity contribution is -0.151. The summed E-state index contributed by atoms with van der Waals surface area (Å²) < 4.78 is 42.0. The van der Waals surface area contributed by atoms with Crippen molar-refractivity contribution in [1.82, 2.24) is 0 Å². The molecule has 1 aromatic heterocycles. The number of furan rings is 1. The minimum absolute atomic E-state index is 0.165. The standard InChI is InChI=1S/C7H7BrF3NO/c8-4-1-6(13-3-4)5(2-12)7(9,10)11/h1,3,5H,2,12H2. The minimum atomic E-state index is -4.36. The van der Waals surface area contributed by atoms with Gasteiger partial charge in [-0.15, -0.1) is 0 Å². The molecule has 0 fully saturated rings. The molecule has 1 unspecified atom stereocenters. The lowest BCUT2D eigenvalue weighted by Crippen LogP contribution is -2.27. The quantitative estimate of drug-likeness (QED) is 0.885. The van der Waals surface area contributed by atoms with E-state index in [0.717, 1.165) is 0 Å². The SMILES string of the molecule is NCC(c1cc(Br)co1)C(F)(F)F. The van der Waals surface area contributed by atoms with Gasteiger partial charge in [-0.05, 0) is 22.0 Å². The van der Waals surface area contributed by atoms with Crippen molar-refractivity contribution in [2.75, 3.05) is 6.54 Å². The highest BCUT2D eigenvalue weighted by Crippen LogP contribution is 2.35. The minimum Gasteiger partial charge on any atom is -0.467 e. The summed E-state index contributed by atoms with van der Waals surface area (Å²) in [6.45, 7) is -0.510. The van der Waals surface area contributed by atoms with Crippen LogP contribution in [0.25, 0.3) is 0 Å². The van der Waals surface area contributed by atoms with Gasteiger partial charge in [0.25, 0.3) is 0 Å².